The number of amides is 1. The molecule has 3 aromatic rings. The molecule has 0 saturated heterocycles. The first-order valence-electron chi connectivity index (χ1n) is 9.00. The number of hydrogen-bond acceptors (Lipinski definition) is 7. The zero-order valence-electron chi connectivity index (χ0n) is 16.3. The van der Waals surface area contributed by atoms with Crippen LogP contribution in [-0.4, -0.2) is 44.1 Å². The fourth-order valence-electron chi connectivity index (χ4n) is 2.82. The zero-order valence-corrected chi connectivity index (χ0v) is 16.3. The molecule has 9 nitrogen and oxygen atoms in total. The molecule has 0 aliphatic carbocycles. The monoisotopic (exact) mass is 395 g/mol. The maximum absolute atomic E-state index is 12.7. The molecule has 0 spiro atoms. The largest absolute Gasteiger partial charge is 0.505 e. The first-order valence-corrected chi connectivity index (χ1v) is 9.00. The topological polar surface area (TPSA) is 119 Å². The van der Waals surface area contributed by atoms with Gasteiger partial charge in [0.2, 0.25) is 5.82 Å². The predicted molar refractivity (Wildman–Crippen MR) is 105 cm³/mol. The van der Waals surface area contributed by atoms with Crippen molar-refractivity contribution in [2.45, 2.75) is 26.8 Å². The summed E-state index contributed by atoms with van der Waals surface area (Å²) < 4.78 is 6.48. The first-order chi connectivity index (χ1) is 13.9. The molecule has 1 heterocycles. The van der Waals surface area contributed by atoms with E-state index in [4.69, 9.17) is 4.74 Å². The number of aryl methyl sites for hydroxylation is 1. The number of ketones is 1. The molecule has 1 aromatic heterocycles. The summed E-state index contributed by atoms with van der Waals surface area (Å²) in [4.78, 5) is 24.5. The van der Waals surface area contributed by atoms with Crippen LogP contribution in [0.4, 0.5) is 5.69 Å². The van der Waals surface area contributed by atoms with Crippen LogP contribution in [0.2, 0.25) is 0 Å². The van der Waals surface area contributed by atoms with Gasteiger partial charge in [0.15, 0.2) is 5.78 Å². The van der Waals surface area contributed by atoms with Gasteiger partial charge in [0, 0.05) is 0 Å². The fraction of sp³-hybridized carbons (Fsp3) is 0.250. The average Bonchev–Trinajstić information content (AvgIpc) is 3.18. The molecule has 9 heteroatoms. The number of aromatic hydroxyl groups is 1. The maximum Gasteiger partial charge on any atom is 0.295 e. The molecule has 0 unspecified atom stereocenters. The van der Waals surface area contributed by atoms with Gasteiger partial charge in [-0.15, -0.1) is 5.10 Å². The van der Waals surface area contributed by atoms with Crippen molar-refractivity contribution >= 4 is 17.4 Å². The number of phenols is 1. The third kappa shape index (κ3) is 4.40. The summed E-state index contributed by atoms with van der Waals surface area (Å²) >= 11 is 0. The Balaban J connectivity index is 1.84. The van der Waals surface area contributed by atoms with Crippen molar-refractivity contribution in [3.63, 3.8) is 0 Å². The van der Waals surface area contributed by atoms with E-state index in [0.717, 1.165) is 16.9 Å². The van der Waals surface area contributed by atoms with Crippen molar-refractivity contribution in [2.24, 2.45) is 0 Å². The van der Waals surface area contributed by atoms with E-state index in [1.807, 2.05) is 19.1 Å². The van der Waals surface area contributed by atoms with E-state index in [1.54, 1.807) is 31.4 Å². The Hall–Kier alpha value is -3.75. The number of hydrogen-bond donors (Lipinski definition) is 2. The minimum Gasteiger partial charge on any atom is -0.505 e. The summed E-state index contributed by atoms with van der Waals surface area (Å²) in [6.07, 6.45) is 0.638. The normalized spacial score (nSPS) is 10.6. The van der Waals surface area contributed by atoms with Gasteiger partial charge in [0.25, 0.3) is 5.91 Å². The zero-order chi connectivity index (χ0) is 21.0. The van der Waals surface area contributed by atoms with Crippen LogP contribution in [0.1, 0.15) is 46.0 Å². The Kier molecular flexibility index (Phi) is 5.87. The Morgan fingerprint density at radius 1 is 1.17 bits per heavy atom. The second kappa shape index (κ2) is 8.51. The number of tetrazole rings is 1. The lowest BCUT2D eigenvalue weighted by molar-refractivity contribution is 0.0997. The van der Waals surface area contributed by atoms with Crippen molar-refractivity contribution in [3.05, 3.63) is 58.9 Å². The maximum atomic E-state index is 12.7. The van der Waals surface area contributed by atoms with E-state index >= 15 is 0 Å². The van der Waals surface area contributed by atoms with Crippen LogP contribution in [0.15, 0.2) is 36.4 Å². The minimum atomic E-state index is -0.596. The van der Waals surface area contributed by atoms with Gasteiger partial charge < -0.3 is 15.2 Å². The number of ether oxygens (including phenoxy) is 1. The number of carbonyl (C=O) groups excluding carboxylic acids is 2. The van der Waals surface area contributed by atoms with E-state index < -0.39 is 5.91 Å². The van der Waals surface area contributed by atoms with Crippen LogP contribution in [0, 0.1) is 0 Å². The van der Waals surface area contributed by atoms with Crippen molar-refractivity contribution in [3.8, 4) is 11.5 Å². The number of phenolic OH excluding ortho intramolecular Hbond substituents is 1. The molecule has 2 aromatic carbocycles. The van der Waals surface area contributed by atoms with Gasteiger partial charge in [-0.05, 0) is 59.2 Å². The first kappa shape index (κ1) is 20.0. The van der Waals surface area contributed by atoms with E-state index in [9.17, 15) is 14.7 Å². The van der Waals surface area contributed by atoms with Gasteiger partial charge in [-0.3, -0.25) is 9.59 Å². The highest BCUT2D eigenvalue weighted by atomic mass is 16.5. The second-order valence-corrected chi connectivity index (χ2v) is 6.41. The number of rotatable bonds is 7. The second-order valence-electron chi connectivity index (χ2n) is 6.41. The number of Topliss-reactive ketones (excluding diaryl/α,β-unsaturated/α-hetero) is 1. The highest BCUT2D eigenvalue weighted by Gasteiger charge is 2.20. The number of carbonyl (C=O) groups is 2. The number of benzene rings is 2. The lowest BCUT2D eigenvalue weighted by atomic mass is 10.0. The number of methoxy groups -OCH3 is 1. The summed E-state index contributed by atoms with van der Waals surface area (Å²) in [5, 5.41) is 24.2. The molecule has 0 bridgehead atoms. The quantitative estimate of drug-likeness (QED) is 0.466. The molecule has 0 radical (unpaired) electrons. The van der Waals surface area contributed by atoms with E-state index in [-0.39, 0.29) is 35.2 Å². The molecule has 0 atom stereocenters. The standard InChI is InChI=1S/C20H21N5O4/c1-4-13-9-16(12(2)26)18(27)17(10-13)21-20(28)19-22-23-24-25(19)11-14-5-7-15(29-3)8-6-14/h5-10,27H,4,11H2,1-3H3,(H,21,28). The lowest BCUT2D eigenvalue weighted by Gasteiger charge is -2.12. The molecule has 2 N–H and O–H groups in total. The molecule has 0 aliphatic heterocycles. The molecule has 29 heavy (non-hydrogen) atoms. The Bertz CT molecular complexity index is 1040. The third-order valence-electron chi connectivity index (χ3n) is 4.43. The molecular weight excluding hydrogens is 374 g/mol. The van der Waals surface area contributed by atoms with Gasteiger partial charge >= 0.3 is 0 Å². The number of aromatic nitrogens is 4. The summed E-state index contributed by atoms with van der Waals surface area (Å²) in [6, 6.07) is 10.5. The summed E-state index contributed by atoms with van der Waals surface area (Å²) in [6.45, 7) is 3.55. The summed E-state index contributed by atoms with van der Waals surface area (Å²) in [7, 11) is 1.58. The van der Waals surface area contributed by atoms with Crippen LogP contribution in [0.25, 0.3) is 0 Å². The Morgan fingerprint density at radius 3 is 2.52 bits per heavy atom. The van der Waals surface area contributed by atoms with E-state index in [1.165, 1.54) is 11.6 Å². The highest BCUT2D eigenvalue weighted by Crippen LogP contribution is 2.30. The van der Waals surface area contributed by atoms with Crippen LogP contribution < -0.4 is 10.1 Å². The van der Waals surface area contributed by atoms with E-state index in [2.05, 4.69) is 20.8 Å². The highest BCUT2D eigenvalue weighted by molar-refractivity contribution is 6.05. The van der Waals surface area contributed by atoms with Crippen molar-refractivity contribution in [2.75, 3.05) is 12.4 Å². The number of anilines is 1. The molecule has 0 fully saturated rings. The van der Waals surface area contributed by atoms with Crippen molar-refractivity contribution in [1.29, 1.82) is 0 Å². The Labute approximate surface area is 167 Å². The molecule has 3 rings (SSSR count). The van der Waals surface area contributed by atoms with E-state index in [0.29, 0.717) is 6.42 Å². The van der Waals surface area contributed by atoms with Crippen LogP contribution in [0.3, 0.4) is 0 Å². The smallest absolute Gasteiger partial charge is 0.295 e. The van der Waals surface area contributed by atoms with Crippen molar-refractivity contribution in [1.82, 2.24) is 20.2 Å². The van der Waals surface area contributed by atoms with Gasteiger partial charge in [-0.2, -0.15) is 0 Å². The fourth-order valence-corrected chi connectivity index (χ4v) is 2.82. The molecule has 0 saturated carbocycles. The molecule has 0 aliphatic rings. The summed E-state index contributed by atoms with van der Waals surface area (Å²) in [5.74, 6) is -0.473. The minimum absolute atomic E-state index is 0.0218. The number of nitrogens with zero attached hydrogens (tertiary/aromatic N) is 4. The van der Waals surface area contributed by atoms with Gasteiger partial charge in [-0.1, -0.05) is 19.1 Å². The van der Waals surface area contributed by atoms with Crippen molar-refractivity contribution < 1.29 is 19.4 Å². The van der Waals surface area contributed by atoms with Gasteiger partial charge in [-0.25, -0.2) is 4.68 Å². The van der Waals surface area contributed by atoms with Gasteiger partial charge in [0.05, 0.1) is 24.9 Å². The SMILES string of the molecule is CCc1cc(NC(=O)c2nnnn2Cc2ccc(OC)cc2)c(O)c(C(C)=O)c1. The molecule has 150 valence electrons. The van der Waals surface area contributed by atoms with Gasteiger partial charge in [0.1, 0.15) is 11.5 Å². The average molecular weight is 395 g/mol. The van der Waals surface area contributed by atoms with Crippen LogP contribution in [-0.2, 0) is 13.0 Å². The lowest BCUT2D eigenvalue weighted by Crippen LogP contribution is -2.20. The molecular formula is C20H21N5O4. The number of nitrogens with one attached hydrogen (secondary N) is 1. The summed E-state index contributed by atoms with van der Waals surface area (Å²) in [5.41, 5.74) is 1.97. The van der Waals surface area contributed by atoms with Crippen LogP contribution >= 0.6 is 0 Å². The Morgan fingerprint density at radius 2 is 1.90 bits per heavy atom. The van der Waals surface area contributed by atoms with Crippen LogP contribution in [0.5, 0.6) is 11.5 Å². The predicted octanol–water partition coefficient (Wildman–Crippen LogP) is 2.45. The molecule has 1 amide bonds. The third-order valence-corrected chi connectivity index (χ3v) is 4.43.